The number of hydrogen-bond donors (Lipinski definition) is 2. The molecule has 0 fully saturated rings. The molecule has 0 unspecified atom stereocenters. The Hall–Kier alpha value is -2.30. The molecule has 1 amide bonds. The van der Waals surface area contributed by atoms with Crippen LogP contribution < -0.4 is 10.6 Å². The van der Waals surface area contributed by atoms with Gasteiger partial charge in [0.1, 0.15) is 17.3 Å². The summed E-state index contributed by atoms with van der Waals surface area (Å²) < 4.78 is 5.42. The third-order valence-electron chi connectivity index (χ3n) is 2.81. The Kier molecular flexibility index (Phi) is 4.76. The Labute approximate surface area is 118 Å². The highest BCUT2D eigenvalue weighted by Crippen LogP contribution is 2.12. The molecule has 0 saturated heterocycles. The highest BCUT2D eigenvalue weighted by molar-refractivity contribution is 5.98. The van der Waals surface area contributed by atoms with Crippen molar-refractivity contribution in [1.29, 1.82) is 0 Å². The maximum Gasteiger partial charge on any atom is 0.255 e. The van der Waals surface area contributed by atoms with Crippen molar-refractivity contribution >= 4 is 11.7 Å². The second-order valence-electron chi connectivity index (χ2n) is 4.52. The quantitative estimate of drug-likeness (QED) is 0.849. The topological polar surface area (TPSA) is 67.2 Å². The van der Waals surface area contributed by atoms with Crippen molar-refractivity contribution in [3.05, 3.63) is 47.5 Å². The predicted molar refractivity (Wildman–Crippen MR) is 77.6 cm³/mol. The van der Waals surface area contributed by atoms with Gasteiger partial charge in [-0.05, 0) is 37.6 Å². The maximum absolute atomic E-state index is 12.2. The number of rotatable bonds is 6. The van der Waals surface area contributed by atoms with Crippen LogP contribution in [0.3, 0.4) is 0 Å². The highest BCUT2D eigenvalue weighted by Gasteiger charge is 2.12. The number of carbonyl (C=O) groups excluding carboxylic acids is 1. The van der Waals surface area contributed by atoms with E-state index in [9.17, 15) is 4.79 Å². The zero-order chi connectivity index (χ0) is 14.4. The van der Waals surface area contributed by atoms with Gasteiger partial charge in [0.05, 0.1) is 12.1 Å². The van der Waals surface area contributed by atoms with Crippen molar-refractivity contribution in [2.75, 3.05) is 11.9 Å². The average molecular weight is 273 g/mol. The van der Waals surface area contributed by atoms with Gasteiger partial charge in [0.15, 0.2) is 0 Å². The number of hydrogen-bond acceptors (Lipinski definition) is 4. The third kappa shape index (κ3) is 3.60. The van der Waals surface area contributed by atoms with E-state index in [2.05, 4.69) is 22.5 Å². The number of pyridine rings is 1. The molecule has 0 radical (unpaired) electrons. The van der Waals surface area contributed by atoms with Crippen LogP contribution in [0.4, 0.5) is 5.82 Å². The Morgan fingerprint density at radius 1 is 1.35 bits per heavy atom. The van der Waals surface area contributed by atoms with E-state index >= 15 is 0 Å². The van der Waals surface area contributed by atoms with Crippen LogP contribution in [0.1, 0.15) is 35.2 Å². The summed E-state index contributed by atoms with van der Waals surface area (Å²) in [7, 11) is 0. The summed E-state index contributed by atoms with van der Waals surface area (Å²) in [4.78, 5) is 16.4. The van der Waals surface area contributed by atoms with E-state index in [1.54, 1.807) is 18.3 Å². The lowest BCUT2D eigenvalue weighted by Crippen LogP contribution is -2.24. The molecular weight excluding hydrogens is 254 g/mol. The Bertz CT molecular complexity index is 578. The monoisotopic (exact) mass is 273 g/mol. The third-order valence-corrected chi connectivity index (χ3v) is 2.81. The summed E-state index contributed by atoms with van der Waals surface area (Å²) in [5.41, 5.74) is 0.546. The Morgan fingerprint density at radius 2 is 2.20 bits per heavy atom. The minimum absolute atomic E-state index is 0.161. The van der Waals surface area contributed by atoms with Crippen LogP contribution in [0, 0.1) is 6.92 Å². The standard InChI is InChI=1S/C15H19N3O2/c1-3-8-16-14-13(5-4-9-17-14)15(19)18-10-12-7-6-11(2)20-12/h4-7,9H,3,8,10H2,1-2H3,(H,16,17)(H,18,19). The zero-order valence-electron chi connectivity index (χ0n) is 11.8. The minimum atomic E-state index is -0.161. The number of carbonyl (C=O) groups is 1. The molecule has 0 aliphatic carbocycles. The molecular formula is C15H19N3O2. The fourth-order valence-electron chi connectivity index (χ4n) is 1.82. The molecule has 0 aliphatic rings. The first kappa shape index (κ1) is 14.1. The summed E-state index contributed by atoms with van der Waals surface area (Å²) in [6.07, 6.45) is 2.65. The molecule has 2 aromatic heterocycles. The number of aromatic nitrogens is 1. The molecule has 0 atom stereocenters. The SMILES string of the molecule is CCCNc1ncccc1C(=O)NCc1ccc(C)o1. The minimum Gasteiger partial charge on any atom is -0.465 e. The lowest BCUT2D eigenvalue weighted by molar-refractivity contribution is 0.0948. The Morgan fingerprint density at radius 3 is 2.90 bits per heavy atom. The van der Waals surface area contributed by atoms with Gasteiger partial charge in [0.25, 0.3) is 5.91 Å². The van der Waals surface area contributed by atoms with Gasteiger partial charge in [-0.3, -0.25) is 4.79 Å². The van der Waals surface area contributed by atoms with Crippen LogP contribution in [-0.2, 0) is 6.54 Å². The summed E-state index contributed by atoms with van der Waals surface area (Å²) in [6.45, 7) is 5.09. The van der Waals surface area contributed by atoms with Crippen LogP contribution in [0.2, 0.25) is 0 Å². The van der Waals surface area contributed by atoms with Gasteiger partial charge in [0.2, 0.25) is 0 Å². The van der Waals surface area contributed by atoms with Crippen molar-refractivity contribution in [2.45, 2.75) is 26.8 Å². The molecule has 2 heterocycles. The lowest BCUT2D eigenvalue weighted by Gasteiger charge is -2.09. The van der Waals surface area contributed by atoms with Crippen molar-refractivity contribution in [1.82, 2.24) is 10.3 Å². The molecule has 2 rings (SSSR count). The molecule has 0 bridgehead atoms. The van der Waals surface area contributed by atoms with E-state index < -0.39 is 0 Å². The second kappa shape index (κ2) is 6.75. The number of nitrogens with one attached hydrogen (secondary N) is 2. The van der Waals surface area contributed by atoms with Crippen LogP contribution >= 0.6 is 0 Å². The molecule has 0 spiro atoms. The predicted octanol–water partition coefficient (Wildman–Crippen LogP) is 2.73. The molecule has 0 aliphatic heterocycles. The van der Waals surface area contributed by atoms with Crippen molar-refractivity contribution in [2.24, 2.45) is 0 Å². The van der Waals surface area contributed by atoms with Crippen molar-refractivity contribution in [3.8, 4) is 0 Å². The summed E-state index contributed by atoms with van der Waals surface area (Å²) in [5, 5.41) is 5.98. The zero-order valence-corrected chi connectivity index (χ0v) is 11.8. The number of amides is 1. The maximum atomic E-state index is 12.2. The summed E-state index contributed by atoms with van der Waals surface area (Å²) in [5.74, 6) is 2.02. The number of nitrogens with zero attached hydrogens (tertiary/aromatic N) is 1. The molecule has 2 N–H and O–H groups in total. The van der Waals surface area contributed by atoms with E-state index in [1.165, 1.54) is 0 Å². The number of aryl methyl sites for hydroxylation is 1. The highest BCUT2D eigenvalue weighted by atomic mass is 16.3. The van der Waals surface area contributed by atoms with Crippen molar-refractivity contribution in [3.63, 3.8) is 0 Å². The smallest absolute Gasteiger partial charge is 0.255 e. The summed E-state index contributed by atoms with van der Waals surface area (Å²) >= 11 is 0. The second-order valence-corrected chi connectivity index (χ2v) is 4.52. The first-order chi connectivity index (χ1) is 9.70. The molecule has 0 aromatic carbocycles. The molecule has 20 heavy (non-hydrogen) atoms. The van der Waals surface area contributed by atoms with Crippen molar-refractivity contribution < 1.29 is 9.21 Å². The van der Waals surface area contributed by atoms with Crippen LogP contribution in [-0.4, -0.2) is 17.4 Å². The van der Waals surface area contributed by atoms with Gasteiger partial charge < -0.3 is 15.1 Å². The fraction of sp³-hybridized carbons (Fsp3) is 0.333. The van der Waals surface area contributed by atoms with E-state index in [-0.39, 0.29) is 5.91 Å². The van der Waals surface area contributed by atoms with Crippen LogP contribution in [0.15, 0.2) is 34.9 Å². The van der Waals surface area contributed by atoms with Crippen LogP contribution in [0.25, 0.3) is 0 Å². The van der Waals surface area contributed by atoms with E-state index in [0.717, 1.165) is 24.5 Å². The summed E-state index contributed by atoms with van der Waals surface area (Å²) in [6, 6.07) is 7.24. The van der Waals surface area contributed by atoms with E-state index in [1.807, 2.05) is 19.1 Å². The van der Waals surface area contributed by atoms with E-state index in [4.69, 9.17) is 4.42 Å². The van der Waals surface area contributed by atoms with Gasteiger partial charge in [-0.15, -0.1) is 0 Å². The molecule has 5 heteroatoms. The fourth-order valence-corrected chi connectivity index (χ4v) is 1.82. The first-order valence-electron chi connectivity index (χ1n) is 6.73. The molecule has 0 saturated carbocycles. The largest absolute Gasteiger partial charge is 0.465 e. The number of furan rings is 1. The van der Waals surface area contributed by atoms with Gasteiger partial charge in [-0.25, -0.2) is 4.98 Å². The Balaban J connectivity index is 2.01. The normalized spacial score (nSPS) is 10.3. The number of anilines is 1. The van der Waals surface area contributed by atoms with Gasteiger partial charge in [-0.2, -0.15) is 0 Å². The molecule has 5 nitrogen and oxygen atoms in total. The average Bonchev–Trinajstić information content (AvgIpc) is 2.88. The first-order valence-corrected chi connectivity index (χ1v) is 6.73. The molecule has 106 valence electrons. The van der Waals surface area contributed by atoms with Gasteiger partial charge in [-0.1, -0.05) is 6.92 Å². The molecule has 2 aromatic rings. The van der Waals surface area contributed by atoms with Crippen LogP contribution in [0.5, 0.6) is 0 Å². The van der Waals surface area contributed by atoms with E-state index in [0.29, 0.717) is 17.9 Å². The lowest BCUT2D eigenvalue weighted by atomic mass is 10.2. The van der Waals surface area contributed by atoms with Gasteiger partial charge >= 0.3 is 0 Å². The van der Waals surface area contributed by atoms with Gasteiger partial charge in [0, 0.05) is 12.7 Å².